The molecule has 3 rings (SSSR count). The summed E-state index contributed by atoms with van der Waals surface area (Å²) in [7, 11) is 0. The van der Waals surface area contributed by atoms with Gasteiger partial charge in [0.15, 0.2) is 0 Å². The lowest BCUT2D eigenvalue weighted by molar-refractivity contribution is 0.910. The lowest BCUT2D eigenvalue weighted by Gasteiger charge is -2.06. The second-order valence-corrected chi connectivity index (χ2v) is 5.00. The van der Waals surface area contributed by atoms with Crippen molar-refractivity contribution in [2.75, 3.05) is 5.73 Å². The van der Waals surface area contributed by atoms with Crippen molar-refractivity contribution < 1.29 is 0 Å². The Morgan fingerprint density at radius 2 is 1.94 bits per heavy atom. The Labute approximate surface area is 108 Å². The maximum Gasteiger partial charge on any atom is 0.126 e. The summed E-state index contributed by atoms with van der Waals surface area (Å²) in [5.74, 6) is 0.665. The van der Waals surface area contributed by atoms with Gasteiger partial charge in [0.25, 0.3) is 0 Å². The van der Waals surface area contributed by atoms with Crippen molar-refractivity contribution in [3.63, 3.8) is 0 Å². The van der Waals surface area contributed by atoms with Crippen LogP contribution in [0, 0.1) is 0 Å². The smallest absolute Gasteiger partial charge is 0.126 e. The summed E-state index contributed by atoms with van der Waals surface area (Å²) < 4.78 is 0. The molecule has 0 fully saturated rings. The van der Waals surface area contributed by atoms with Crippen LogP contribution < -0.4 is 5.73 Å². The molecule has 2 N–H and O–H groups in total. The van der Waals surface area contributed by atoms with Gasteiger partial charge in [-0.3, -0.25) is 0 Å². The number of hydrogen-bond acceptors (Lipinski definition) is 2. The average Bonchev–Trinajstić information content (AvgIpc) is 2.85. The first-order chi connectivity index (χ1) is 8.83. The van der Waals surface area contributed by atoms with E-state index in [0.29, 0.717) is 5.82 Å². The van der Waals surface area contributed by atoms with Gasteiger partial charge in [-0.05, 0) is 60.4 Å². The highest BCUT2D eigenvalue weighted by atomic mass is 14.8. The van der Waals surface area contributed by atoms with E-state index < -0.39 is 0 Å². The zero-order valence-corrected chi connectivity index (χ0v) is 10.5. The number of aryl methyl sites for hydroxylation is 4. The molecular formula is C16H18N2. The van der Waals surface area contributed by atoms with Crippen LogP contribution in [-0.4, -0.2) is 4.98 Å². The zero-order valence-electron chi connectivity index (χ0n) is 10.5. The van der Waals surface area contributed by atoms with E-state index in [1.807, 2.05) is 6.07 Å². The number of aromatic nitrogens is 1. The minimum atomic E-state index is 0.665. The molecule has 1 aromatic heterocycles. The van der Waals surface area contributed by atoms with E-state index >= 15 is 0 Å². The highest BCUT2D eigenvalue weighted by molar-refractivity contribution is 5.40. The van der Waals surface area contributed by atoms with Gasteiger partial charge in [0.1, 0.15) is 5.82 Å². The third kappa shape index (κ3) is 2.23. The average molecular weight is 238 g/mol. The third-order valence-electron chi connectivity index (χ3n) is 3.77. The summed E-state index contributed by atoms with van der Waals surface area (Å²) >= 11 is 0. The molecule has 0 atom stereocenters. The topological polar surface area (TPSA) is 38.9 Å². The quantitative estimate of drug-likeness (QED) is 0.893. The number of rotatable bonds is 3. The van der Waals surface area contributed by atoms with E-state index in [1.54, 1.807) is 17.3 Å². The van der Waals surface area contributed by atoms with Gasteiger partial charge in [0.2, 0.25) is 0 Å². The van der Waals surface area contributed by atoms with Gasteiger partial charge in [-0.1, -0.05) is 24.3 Å². The van der Waals surface area contributed by atoms with Crippen LogP contribution in [0.2, 0.25) is 0 Å². The third-order valence-corrected chi connectivity index (χ3v) is 3.77. The largest absolute Gasteiger partial charge is 0.383 e. The first kappa shape index (κ1) is 11.3. The number of fused-ring (bicyclic) bond motifs is 1. The molecule has 0 radical (unpaired) electrons. The lowest BCUT2D eigenvalue weighted by Crippen LogP contribution is -1.99. The lowest BCUT2D eigenvalue weighted by atomic mass is 10.0. The molecule has 1 aliphatic rings. The summed E-state index contributed by atoms with van der Waals surface area (Å²) in [4.78, 5) is 4.13. The van der Waals surface area contributed by atoms with Crippen LogP contribution in [-0.2, 0) is 25.7 Å². The van der Waals surface area contributed by atoms with Gasteiger partial charge in [0, 0.05) is 6.20 Å². The molecule has 0 amide bonds. The number of anilines is 1. The van der Waals surface area contributed by atoms with E-state index in [9.17, 15) is 0 Å². The second-order valence-electron chi connectivity index (χ2n) is 5.00. The Bertz CT molecular complexity index is 561. The van der Waals surface area contributed by atoms with Gasteiger partial charge in [-0.25, -0.2) is 4.98 Å². The molecular weight excluding hydrogens is 220 g/mol. The Hall–Kier alpha value is -1.83. The van der Waals surface area contributed by atoms with Crippen molar-refractivity contribution >= 4 is 5.82 Å². The minimum Gasteiger partial charge on any atom is -0.383 e. The SMILES string of the molecule is Nc1ncccc1CCc1ccc2c(c1)CCC2. The molecule has 2 heteroatoms. The second kappa shape index (κ2) is 4.81. The molecule has 0 spiro atoms. The Kier molecular flexibility index (Phi) is 3.01. The van der Waals surface area contributed by atoms with Crippen LogP contribution in [0.25, 0.3) is 0 Å². The van der Waals surface area contributed by atoms with E-state index in [2.05, 4.69) is 29.2 Å². The molecule has 1 heterocycles. The van der Waals surface area contributed by atoms with Crippen LogP contribution in [0.5, 0.6) is 0 Å². The molecule has 2 nitrogen and oxygen atoms in total. The minimum absolute atomic E-state index is 0.665. The van der Waals surface area contributed by atoms with Gasteiger partial charge in [0.05, 0.1) is 0 Å². The van der Waals surface area contributed by atoms with Crippen molar-refractivity contribution in [2.24, 2.45) is 0 Å². The van der Waals surface area contributed by atoms with E-state index in [1.165, 1.54) is 24.8 Å². The van der Waals surface area contributed by atoms with Crippen LogP contribution in [0.15, 0.2) is 36.5 Å². The number of nitrogen functional groups attached to an aromatic ring is 1. The predicted molar refractivity (Wildman–Crippen MR) is 74.5 cm³/mol. The Morgan fingerprint density at radius 3 is 2.83 bits per heavy atom. The first-order valence-corrected chi connectivity index (χ1v) is 6.63. The molecule has 0 saturated carbocycles. The zero-order chi connectivity index (χ0) is 12.4. The summed E-state index contributed by atoms with van der Waals surface area (Å²) in [5, 5.41) is 0. The molecule has 0 aliphatic heterocycles. The number of pyridine rings is 1. The molecule has 2 aromatic rings. The van der Waals surface area contributed by atoms with Crippen LogP contribution >= 0.6 is 0 Å². The molecule has 18 heavy (non-hydrogen) atoms. The molecule has 1 aromatic carbocycles. The van der Waals surface area contributed by atoms with E-state index in [4.69, 9.17) is 5.73 Å². The number of nitrogens with two attached hydrogens (primary N) is 1. The summed E-state index contributed by atoms with van der Waals surface area (Å²) in [6.07, 6.45) is 7.58. The van der Waals surface area contributed by atoms with Crippen molar-refractivity contribution in [2.45, 2.75) is 32.1 Å². The van der Waals surface area contributed by atoms with Crippen molar-refractivity contribution in [3.8, 4) is 0 Å². The highest BCUT2D eigenvalue weighted by Crippen LogP contribution is 2.23. The number of benzene rings is 1. The molecule has 0 saturated heterocycles. The fourth-order valence-corrected chi connectivity index (χ4v) is 2.72. The fraction of sp³-hybridized carbons (Fsp3) is 0.312. The Morgan fingerprint density at radius 1 is 1.06 bits per heavy atom. The summed E-state index contributed by atoms with van der Waals surface area (Å²) in [6.45, 7) is 0. The molecule has 1 aliphatic carbocycles. The normalized spacial score (nSPS) is 13.6. The van der Waals surface area contributed by atoms with Gasteiger partial charge >= 0.3 is 0 Å². The summed E-state index contributed by atoms with van der Waals surface area (Å²) in [5.41, 5.74) is 11.5. The van der Waals surface area contributed by atoms with E-state index in [-0.39, 0.29) is 0 Å². The first-order valence-electron chi connectivity index (χ1n) is 6.63. The molecule has 0 bridgehead atoms. The van der Waals surface area contributed by atoms with Gasteiger partial charge in [-0.2, -0.15) is 0 Å². The van der Waals surface area contributed by atoms with Crippen molar-refractivity contribution in [3.05, 3.63) is 58.8 Å². The molecule has 92 valence electrons. The standard InChI is InChI=1S/C16H18N2/c17-16-14(5-2-10-18-16)9-7-12-6-8-13-3-1-4-15(13)11-12/h2,5-6,8,10-11H,1,3-4,7,9H2,(H2,17,18). The monoisotopic (exact) mass is 238 g/mol. The van der Waals surface area contributed by atoms with Crippen LogP contribution in [0.3, 0.4) is 0 Å². The number of hydrogen-bond donors (Lipinski definition) is 1. The van der Waals surface area contributed by atoms with Crippen LogP contribution in [0.1, 0.15) is 28.7 Å². The summed E-state index contributed by atoms with van der Waals surface area (Å²) in [6, 6.07) is 10.9. The predicted octanol–water partition coefficient (Wildman–Crippen LogP) is 2.94. The fourth-order valence-electron chi connectivity index (χ4n) is 2.72. The van der Waals surface area contributed by atoms with E-state index in [0.717, 1.165) is 18.4 Å². The van der Waals surface area contributed by atoms with Crippen molar-refractivity contribution in [1.29, 1.82) is 0 Å². The highest BCUT2D eigenvalue weighted by Gasteiger charge is 2.10. The maximum absolute atomic E-state index is 5.86. The van der Waals surface area contributed by atoms with Crippen molar-refractivity contribution in [1.82, 2.24) is 4.98 Å². The van der Waals surface area contributed by atoms with Crippen LogP contribution in [0.4, 0.5) is 5.82 Å². The Balaban J connectivity index is 1.72. The number of nitrogens with zero attached hydrogens (tertiary/aromatic N) is 1. The maximum atomic E-state index is 5.86. The molecule has 0 unspecified atom stereocenters. The van der Waals surface area contributed by atoms with Gasteiger partial charge in [-0.15, -0.1) is 0 Å². The van der Waals surface area contributed by atoms with Gasteiger partial charge < -0.3 is 5.73 Å².